The van der Waals surface area contributed by atoms with Crippen molar-refractivity contribution in [1.29, 1.82) is 0 Å². The lowest BCUT2D eigenvalue weighted by Crippen LogP contribution is -2.52. The first-order chi connectivity index (χ1) is 13.2. The number of likely N-dealkylation sites (tertiary alicyclic amines) is 1. The number of carbonyl (C=O) groups is 1. The number of ether oxygens (including phenoxy) is 1. The summed E-state index contributed by atoms with van der Waals surface area (Å²) in [4.78, 5) is 18.2. The van der Waals surface area contributed by atoms with Crippen molar-refractivity contribution in [3.8, 4) is 0 Å². The van der Waals surface area contributed by atoms with Gasteiger partial charge in [0.05, 0.1) is 13.4 Å². The number of aliphatic imine (C=N–C) groups is 1. The Morgan fingerprint density at radius 3 is 2.52 bits per heavy atom. The van der Waals surface area contributed by atoms with Gasteiger partial charge in [0, 0.05) is 38.1 Å². The van der Waals surface area contributed by atoms with Crippen molar-refractivity contribution in [2.45, 2.75) is 63.5 Å². The Morgan fingerprint density at radius 2 is 1.89 bits per heavy atom. The summed E-state index contributed by atoms with van der Waals surface area (Å²) in [5, 5.41) is 7.22. The molecule has 3 rings (SSSR count). The van der Waals surface area contributed by atoms with Gasteiger partial charge < -0.3 is 24.7 Å². The van der Waals surface area contributed by atoms with Gasteiger partial charge in [-0.2, -0.15) is 0 Å². The monoisotopic (exact) mass is 376 g/mol. The second-order valence-electron chi connectivity index (χ2n) is 7.41. The van der Waals surface area contributed by atoms with E-state index in [9.17, 15) is 4.79 Å². The Labute approximate surface area is 161 Å². The lowest BCUT2D eigenvalue weighted by atomic mass is 9.95. The minimum Gasteiger partial charge on any atom is -0.469 e. The zero-order chi connectivity index (χ0) is 18.9. The summed E-state index contributed by atoms with van der Waals surface area (Å²) < 4.78 is 10.2. The summed E-state index contributed by atoms with van der Waals surface area (Å²) >= 11 is 0. The summed E-state index contributed by atoms with van der Waals surface area (Å²) in [7, 11) is 1.44. The molecule has 1 aromatic heterocycles. The number of amides is 1. The van der Waals surface area contributed by atoms with E-state index in [4.69, 9.17) is 14.1 Å². The lowest BCUT2D eigenvalue weighted by Gasteiger charge is -2.33. The quantitative estimate of drug-likeness (QED) is 0.610. The highest BCUT2D eigenvalue weighted by Gasteiger charge is 2.24. The zero-order valence-corrected chi connectivity index (χ0v) is 16.3. The molecule has 0 spiro atoms. The average Bonchev–Trinajstić information content (AvgIpc) is 3.22. The van der Waals surface area contributed by atoms with Crippen LogP contribution in [0.5, 0.6) is 0 Å². The van der Waals surface area contributed by atoms with E-state index in [-0.39, 0.29) is 6.09 Å². The molecule has 0 radical (unpaired) electrons. The van der Waals surface area contributed by atoms with E-state index in [1.54, 1.807) is 11.2 Å². The third kappa shape index (κ3) is 6.19. The predicted molar refractivity (Wildman–Crippen MR) is 105 cm³/mol. The molecule has 0 atom stereocenters. The Bertz CT molecular complexity index is 588. The Morgan fingerprint density at radius 1 is 1.19 bits per heavy atom. The third-order valence-corrected chi connectivity index (χ3v) is 5.42. The van der Waals surface area contributed by atoms with E-state index < -0.39 is 0 Å². The number of hydrogen-bond donors (Lipinski definition) is 2. The van der Waals surface area contributed by atoms with E-state index in [1.807, 2.05) is 12.1 Å². The van der Waals surface area contributed by atoms with E-state index >= 15 is 0 Å². The molecule has 2 fully saturated rings. The number of nitrogens with zero attached hydrogens (tertiary/aromatic N) is 2. The molecule has 7 nitrogen and oxygen atoms in total. The molecule has 0 bridgehead atoms. The smallest absolute Gasteiger partial charge is 0.409 e. The highest BCUT2D eigenvalue weighted by Crippen LogP contribution is 2.17. The van der Waals surface area contributed by atoms with Crippen LogP contribution >= 0.6 is 0 Å². The molecule has 2 N–H and O–H groups in total. The van der Waals surface area contributed by atoms with Crippen LogP contribution in [-0.4, -0.2) is 55.8 Å². The molecule has 27 heavy (non-hydrogen) atoms. The maximum atomic E-state index is 11.7. The van der Waals surface area contributed by atoms with Gasteiger partial charge in [-0.3, -0.25) is 4.99 Å². The maximum Gasteiger partial charge on any atom is 0.409 e. The fourth-order valence-electron chi connectivity index (χ4n) is 3.83. The number of piperidine rings is 1. The lowest BCUT2D eigenvalue weighted by molar-refractivity contribution is 0.111. The van der Waals surface area contributed by atoms with Crippen LogP contribution in [0.25, 0.3) is 0 Å². The van der Waals surface area contributed by atoms with Crippen molar-refractivity contribution < 1.29 is 13.9 Å². The maximum absolute atomic E-state index is 11.7. The second kappa shape index (κ2) is 10.2. The van der Waals surface area contributed by atoms with E-state index in [2.05, 4.69) is 10.6 Å². The number of methoxy groups -OCH3 is 1. The van der Waals surface area contributed by atoms with Gasteiger partial charge in [-0.05, 0) is 37.8 Å². The normalized spacial score (nSPS) is 19.7. The number of carbonyl (C=O) groups excluding carboxylic acids is 1. The van der Waals surface area contributed by atoms with Gasteiger partial charge in [-0.1, -0.05) is 19.3 Å². The topological polar surface area (TPSA) is 79.1 Å². The van der Waals surface area contributed by atoms with Gasteiger partial charge in [-0.25, -0.2) is 4.79 Å². The summed E-state index contributed by atoms with van der Waals surface area (Å²) in [6.45, 7) is 2.12. The van der Waals surface area contributed by atoms with Gasteiger partial charge >= 0.3 is 6.09 Å². The molecule has 1 aliphatic carbocycles. The summed E-state index contributed by atoms with van der Waals surface area (Å²) in [5.74, 6) is 1.85. The molecule has 1 aliphatic heterocycles. The first kappa shape index (κ1) is 19.6. The van der Waals surface area contributed by atoms with Gasteiger partial charge in [-0.15, -0.1) is 0 Å². The van der Waals surface area contributed by atoms with Crippen LogP contribution in [0.15, 0.2) is 27.8 Å². The molecular weight excluding hydrogens is 344 g/mol. The predicted octanol–water partition coefficient (Wildman–Crippen LogP) is 2.92. The van der Waals surface area contributed by atoms with E-state index in [0.29, 0.717) is 31.7 Å². The van der Waals surface area contributed by atoms with Crippen LogP contribution in [-0.2, 0) is 11.2 Å². The molecule has 1 saturated heterocycles. The highest BCUT2D eigenvalue weighted by atomic mass is 16.5. The SMILES string of the molecule is COC(=O)N1CCC(NC(=NCCc2ccco2)NC2CCCCC2)CC1. The van der Waals surface area contributed by atoms with Crippen molar-refractivity contribution in [3.63, 3.8) is 0 Å². The Kier molecular flexibility index (Phi) is 7.42. The number of rotatable bonds is 5. The van der Waals surface area contributed by atoms with Gasteiger partial charge in [0.1, 0.15) is 5.76 Å². The van der Waals surface area contributed by atoms with Crippen LogP contribution in [0.1, 0.15) is 50.7 Å². The van der Waals surface area contributed by atoms with Gasteiger partial charge in [0.15, 0.2) is 5.96 Å². The molecule has 150 valence electrons. The van der Waals surface area contributed by atoms with Gasteiger partial charge in [0.2, 0.25) is 0 Å². The largest absolute Gasteiger partial charge is 0.469 e. The Hall–Kier alpha value is -2.18. The van der Waals surface area contributed by atoms with E-state index in [0.717, 1.165) is 31.0 Å². The fraction of sp³-hybridized carbons (Fsp3) is 0.700. The van der Waals surface area contributed by atoms with Crippen molar-refractivity contribution >= 4 is 12.1 Å². The number of nitrogens with one attached hydrogen (secondary N) is 2. The minimum absolute atomic E-state index is 0.235. The van der Waals surface area contributed by atoms with Crippen LogP contribution in [0, 0.1) is 0 Å². The van der Waals surface area contributed by atoms with Crippen LogP contribution in [0.2, 0.25) is 0 Å². The van der Waals surface area contributed by atoms with E-state index in [1.165, 1.54) is 39.2 Å². The van der Waals surface area contributed by atoms with Crippen LogP contribution in [0.4, 0.5) is 4.79 Å². The molecule has 1 saturated carbocycles. The zero-order valence-electron chi connectivity index (χ0n) is 16.3. The summed E-state index contributed by atoms with van der Waals surface area (Å²) in [6, 6.07) is 4.72. The summed E-state index contributed by atoms with van der Waals surface area (Å²) in [6.07, 6.45) is 10.4. The number of guanidine groups is 1. The third-order valence-electron chi connectivity index (χ3n) is 5.42. The molecule has 0 aromatic carbocycles. The molecule has 1 amide bonds. The minimum atomic E-state index is -0.235. The van der Waals surface area contributed by atoms with Gasteiger partial charge in [0.25, 0.3) is 0 Å². The van der Waals surface area contributed by atoms with Crippen molar-refractivity contribution in [2.24, 2.45) is 4.99 Å². The fourth-order valence-corrected chi connectivity index (χ4v) is 3.83. The molecule has 2 aliphatic rings. The molecule has 7 heteroatoms. The first-order valence-electron chi connectivity index (χ1n) is 10.2. The number of furan rings is 1. The van der Waals surface area contributed by atoms with Crippen LogP contribution < -0.4 is 10.6 Å². The van der Waals surface area contributed by atoms with Crippen molar-refractivity contribution in [1.82, 2.24) is 15.5 Å². The van der Waals surface area contributed by atoms with Crippen LogP contribution in [0.3, 0.4) is 0 Å². The molecule has 2 heterocycles. The highest BCUT2D eigenvalue weighted by molar-refractivity contribution is 5.80. The Balaban J connectivity index is 1.53. The van der Waals surface area contributed by atoms with Crippen molar-refractivity contribution in [2.75, 3.05) is 26.7 Å². The average molecular weight is 377 g/mol. The van der Waals surface area contributed by atoms with Crippen molar-refractivity contribution in [3.05, 3.63) is 24.2 Å². The molecular formula is C20H32N4O3. The first-order valence-corrected chi connectivity index (χ1v) is 10.2. The standard InChI is InChI=1S/C20H32N4O3/c1-26-20(25)24-13-10-17(11-14-24)23-19(22-16-6-3-2-4-7-16)21-12-9-18-8-5-15-27-18/h5,8,15-17H,2-4,6-7,9-14H2,1H3,(H2,21,22,23). The molecule has 0 unspecified atom stereocenters. The summed E-state index contributed by atoms with van der Waals surface area (Å²) in [5.41, 5.74) is 0. The molecule has 1 aromatic rings. The second-order valence-corrected chi connectivity index (χ2v) is 7.41. The number of hydrogen-bond acceptors (Lipinski definition) is 4.